The molecule has 1 spiro atoms. The van der Waals surface area contributed by atoms with Crippen molar-refractivity contribution in [2.75, 3.05) is 18.5 Å². The van der Waals surface area contributed by atoms with Crippen LogP contribution in [0.25, 0.3) is 0 Å². The third kappa shape index (κ3) is 3.32. The number of ketones is 1. The minimum Gasteiger partial charge on any atom is -0.507 e. The minimum atomic E-state index is -0.470. The fourth-order valence-electron chi connectivity index (χ4n) is 3.68. The van der Waals surface area contributed by atoms with Gasteiger partial charge in [0.15, 0.2) is 12.4 Å². The van der Waals surface area contributed by atoms with E-state index in [2.05, 4.69) is 5.32 Å². The minimum absolute atomic E-state index is 0.0416. The average molecular weight is 333 g/mol. The van der Waals surface area contributed by atoms with E-state index in [-0.39, 0.29) is 30.3 Å². The topological polar surface area (TPSA) is 84.9 Å². The largest absolute Gasteiger partial charge is 0.507 e. The summed E-state index contributed by atoms with van der Waals surface area (Å²) in [7, 11) is 0. The lowest BCUT2D eigenvalue weighted by molar-refractivity contribution is -0.145. The molecule has 1 heterocycles. The molecule has 6 heteroatoms. The molecule has 3 rings (SSSR count). The van der Waals surface area contributed by atoms with Gasteiger partial charge in [-0.1, -0.05) is 19.3 Å². The fourth-order valence-corrected chi connectivity index (χ4v) is 3.68. The van der Waals surface area contributed by atoms with E-state index < -0.39 is 5.97 Å². The normalized spacial score (nSPS) is 18.6. The molecule has 1 saturated carbocycles. The van der Waals surface area contributed by atoms with Gasteiger partial charge < -0.3 is 19.9 Å². The number of phenolic OH excluding ortho intramolecular Hbond substituents is 1. The number of anilines is 1. The molecule has 6 nitrogen and oxygen atoms in total. The zero-order valence-electron chi connectivity index (χ0n) is 13.9. The molecule has 0 bridgehead atoms. The van der Waals surface area contributed by atoms with Crippen LogP contribution in [0.5, 0.6) is 11.5 Å². The number of Topliss-reactive ketones (excluding diaryl/α,β-unsaturated/α-hetero) is 1. The predicted molar refractivity (Wildman–Crippen MR) is 88.6 cm³/mol. The van der Waals surface area contributed by atoms with Crippen LogP contribution in [0, 0.1) is 0 Å². The first-order valence-corrected chi connectivity index (χ1v) is 8.50. The van der Waals surface area contributed by atoms with Crippen molar-refractivity contribution in [3.05, 3.63) is 17.7 Å². The van der Waals surface area contributed by atoms with Crippen molar-refractivity contribution in [3.63, 3.8) is 0 Å². The number of phenols is 1. The number of ether oxygens (including phenoxy) is 2. The molecule has 0 unspecified atom stereocenters. The fraction of sp³-hybridized carbons (Fsp3) is 0.556. The second kappa shape index (κ2) is 6.71. The van der Waals surface area contributed by atoms with Gasteiger partial charge in [-0.15, -0.1) is 0 Å². The van der Waals surface area contributed by atoms with Crippen LogP contribution in [0.4, 0.5) is 5.69 Å². The lowest BCUT2D eigenvalue weighted by Gasteiger charge is -2.42. The van der Waals surface area contributed by atoms with Crippen LogP contribution in [0.3, 0.4) is 0 Å². The first-order chi connectivity index (χ1) is 11.5. The van der Waals surface area contributed by atoms with E-state index in [0.29, 0.717) is 23.4 Å². The number of nitrogens with one attached hydrogen (secondary N) is 1. The molecule has 0 atom stereocenters. The molecule has 1 aromatic rings. The Labute approximate surface area is 141 Å². The Hall–Kier alpha value is -2.24. The summed E-state index contributed by atoms with van der Waals surface area (Å²) in [5.41, 5.74) is 0.691. The Kier molecular flexibility index (Phi) is 4.64. The van der Waals surface area contributed by atoms with Crippen molar-refractivity contribution >= 4 is 17.4 Å². The Morgan fingerprint density at radius 3 is 2.75 bits per heavy atom. The van der Waals surface area contributed by atoms with Crippen molar-refractivity contribution in [2.45, 2.75) is 51.0 Å². The molecule has 0 saturated heterocycles. The average Bonchev–Trinajstić information content (AvgIpc) is 2.53. The number of hydrogen-bond donors (Lipinski definition) is 2. The van der Waals surface area contributed by atoms with E-state index in [1.165, 1.54) is 12.5 Å². The van der Waals surface area contributed by atoms with Gasteiger partial charge >= 0.3 is 5.97 Å². The van der Waals surface area contributed by atoms with Gasteiger partial charge in [-0.25, -0.2) is 4.79 Å². The molecule has 1 aromatic carbocycles. The summed E-state index contributed by atoms with van der Waals surface area (Å²) in [5.74, 6) is -0.287. The Bertz CT molecular complexity index is 649. The van der Waals surface area contributed by atoms with Crippen LogP contribution >= 0.6 is 0 Å². The SMILES string of the molecule is CCOC(=O)COc1cc(O)c2c(c1)NC1(CCCCC1)CC2=O. The summed E-state index contributed by atoms with van der Waals surface area (Å²) >= 11 is 0. The maximum absolute atomic E-state index is 12.5. The number of carbonyl (C=O) groups is 2. The summed E-state index contributed by atoms with van der Waals surface area (Å²) in [6.07, 6.45) is 5.70. The van der Waals surface area contributed by atoms with Gasteiger partial charge in [-0.3, -0.25) is 4.79 Å². The van der Waals surface area contributed by atoms with Crippen LogP contribution in [0.15, 0.2) is 12.1 Å². The van der Waals surface area contributed by atoms with Crippen LogP contribution in [-0.2, 0) is 9.53 Å². The number of rotatable bonds is 4. The second-order valence-electron chi connectivity index (χ2n) is 6.52. The zero-order valence-corrected chi connectivity index (χ0v) is 13.9. The molecule has 0 radical (unpaired) electrons. The van der Waals surface area contributed by atoms with Crippen LogP contribution in [0.1, 0.15) is 55.8 Å². The third-order valence-corrected chi connectivity index (χ3v) is 4.74. The van der Waals surface area contributed by atoms with E-state index in [0.717, 1.165) is 25.7 Å². The monoisotopic (exact) mass is 333 g/mol. The first kappa shape index (κ1) is 16.6. The summed E-state index contributed by atoms with van der Waals surface area (Å²) in [5, 5.41) is 13.7. The summed E-state index contributed by atoms with van der Waals surface area (Å²) < 4.78 is 10.2. The predicted octanol–water partition coefficient (Wildman–Crippen LogP) is 3.04. The smallest absolute Gasteiger partial charge is 0.344 e. The first-order valence-electron chi connectivity index (χ1n) is 8.50. The number of fused-ring (bicyclic) bond motifs is 1. The number of esters is 1. The molecule has 0 aromatic heterocycles. The number of hydrogen-bond acceptors (Lipinski definition) is 6. The van der Waals surface area contributed by atoms with Gasteiger partial charge in [0, 0.05) is 24.1 Å². The van der Waals surface area contributed by atoms with E-state index in [4.69, 9.17) is 9.47 Å². The number of carbonyl (C=O) groups excluding carboxylic acids is 2. The maximum Gasteiger partial charge on any atom is 0.344 e. The molecule has 2 N–H and O–H groups in total. The van der Waals surface area contributed by atoms with E-state index in [1.54, 1.807) is 13.0 Å². The van der Waals surface area contributed by atoms with Gasteiger partial charge in [0.2, 0.25) is 0 Å². The van der Waals surface area contributed by atoms with E-state index in [1.807, 2.05) is 0 Å². The Balaban J connectivity index is 1.82. The maximum atomic E-state index is 12.5. The van der Waals surface area contributed by atoms with Crippen molar-refractivity contribution in [1.82, 2.24) is 0 Å². The van der Waals surface area contributed by atoms with E-state index >= 15 is 0 Å². The zero-order chi connectivity index (χ0) is 17.2. The van der Waals surface area contributed by atoms with Crippen molar-refractivity contribution in [3.8, 4) is 11.5 Å². The number of aromatic hydroxyl groups is 1. The van der Waals surface area contributed by atoms with Gasteiger partial charge in [0.1, 0.15) is 11.5 Å². The molecule has 1 fully saturated rings. The lowest BCUT2D eigenvalue weighted by Crippen LogP contribution is -2.45. The highest BCUT2D eigenvalue weighted by Gasteiger charge is 2.40. The lowest BCUT2D eigenvalue weighted by atomic mass is 9.74. The standard InChI is InChI=1S/C18H23NO5/c1-2-23-16(22)11-24-12-8-13-17(14(20)9-12)15(21)10-18(19-13)6-4-3-5-7-18/h8-9,19-20H,2-7,10-11H2,1H3. The van der Waals surface area contributed by atoms with Crippen molar-refractivity contribution < 1.29 is 24.2 Å². The highest BCUT2D eigenvalue weighted by molar-refractivity contribution is 6.06. The van der Waals surface area contributed by atoms with Gasteiger partial charge in [-0.05, 0) is 19.8 Å². The molecule has 1 aliphatic carbocycles. The van der Waals surface area contributed by atoms with Gasteiger partial charge in [0.25, 0.3) is 0 Å². The van der Waals surface area contributed by atoms with Gasteiger partial charge in [0.05, 0.1) is 17.9 Å². The summed E-state index contributed by atoms with van der Waals surface area (Å²) in [6.45, 7) is 1.78. The highest BCUT2D eigenvalue weighted by Crippen LogP contribution is 2.44. The summed E-state index contributed by atoms with van der Waals surface area (Å²) in [6, 6.07) is 3.05. The third-order valence-electron chi connectivity index (χ3n) is 4.74. The molecular formula is C18H23NO5. The number of benzene rings is 1. The molecule has 130 valence electrons. The Morgan fingerprint density at radius 2 is 2.04 bits per heavy atom. The molecular weight excluding hydrogens is 310 g/mol. The second-order valence-corrected chi connectivity index (χ2v) is 6.52. The van der Waals surface area contributed by atoms with Crippen LogP contribution < -0.4 is 10.1 Å². The van der Waals surface area contributed by atoms with Crippen molar-refractivity contribution in [2.24, 2.45) is 0 Å². The highest BCUT2D eigenvalue weighted by atomic mass is 16.6. The van der Waals surface area contributed by atoms with Crippen LogP contribution in [0.2, 0.25) is 0 Å². The van der Waals surface area contributed by atoms with Crippen molar-refractivity contribution in [1.29, 1.82) is 0 Å². The van der Waals surface area contributed by atoms with E-state index in [9.17, 15) is 14.7 Å². The Morgan fingerprint density at radius 1 is 1.29 bits per heavy atom. The molecule has 0 amide bonds. The molecule has 24 heavy (non-hydrogen) atoms. The molecule has 1 aliphatic heterocycles. The quantitative estimate of drug-likeness (QED) is 0.824. The van der Waals surface area contributed by atoms with Crippen LogP contribution in [-0.4, -0.2) is 35.6 Å². The molecule has 2 aliphatic rings. The summed E-state index contributed by atoms with van der Waals surface area (Å²) in [4.78, 5) is 23.9. The van der Waals surface area contributed by atoms with Gasteiger partial charge in [-0.2, -0.15) is 0 Å².